The Bertz CT molecular complexity index is 742. The first-order chi connectivity index (χ1) is 10.2. The van der Waals surface area contributed by atoms with E-state index in [0.29, 0.717) is 5.56 Å². The van der Waals surface area contributed by atoms with E-state index in [9.17, 15) is 9.59 Å². The highest BCUT2D eigenvalue weighted by atomic mass is 16.5. The molecule has 0 spiro atoms. The van der Waals surface area contributed by atoms with Gasteiger partial charge in [-0.3, -0.25) is 9.78 Å². The van der Waals surface area contributed by atoms with E-state index in [1.54, 1.807) is 26.8 Å². The smallest absolute Gasteiger partial charge is 0.339 e. The van der Waals surface area contributed by atoms with Crippen molar-refractivity contribution < 1.29 is 14.3 Å². The summed E-state index contributed by atoms with van der Waals surface area (Å²) in [5.74, 6) is -0.592. The molecule has 0 bridgehead atoms. The van der Waals surface area contributed by atoms with Crippen molar-refractivity contribution in [3.63, 3.8) is 0 Å². The number of nitrogens with zero attached hydrogens (tertiary/aromatic N) is 1. The number of rotatable bonds is 3. The molecule has 0 saturated carbocycles. The number of aryl methyl sites for hydroxylation is 2. The molecule has 4 nitrogen and oxygen atoms in total. The number of ketones is 1. The number of ether oxygens (including phenoxy) is 1. The number of benzene rings is 1. The Morgan fingerprint density at radius 1 is 1.14 bits per heavy atom. The lowest BCUT2D eigenvalue weighted by atomic mass is 9.91. The van der Waals surface area contributed by atoms with Crippen molar-refractivity contribution in [2.45, 2.75) is 34.6 Å². The number of Topliss-reactive ketones (excluding diaryl/α,β-unsaturated/α-hetero) is 1. The van der Waals surface area contributed by atoms with Gasteiger partial charge >= 0.3 is 5.97 Å². The zero-order valence-corrected chi connectivity index (χ0v) is 13.7. The second kappa shape index (κ2) is 5.87. The van der Waals surface area contributed by atoms with Crippen LogP contribution in [0.3, 0.4) is 0 Å². The molecule has 1 aromatic carbocycles. The highest BCUT2D eigenvalue weighted by Gasteiger charge is 2.23. The van der Waals surface area contributed by atoms with Gasteiger partial charge in [-0.2, -0.15) is 0 Å². The van der Waals surface area contributed by atoms with Gasteiger partial charge in [0.25, 0.3) is 0 Å². The van der Waals surface area contributed by atoms with Crippen molar-refractivity contribution in [1.82, 2.24) is 4.98 Å². The molecule has 0 atom stereocenters. The first-order valence-corrected chi connectivity index (χ1v) is 7.27. The van der Waals surface area contributed by atoms with E-state index in [-0.39, 0.29) is 12.4 Å². The molecule has 0 saturated heterocycles. The summed E-state index contributed by atoms with van der Waals surface area (Å²) in [5.41, 5.74) is 2.46. The molecule has 1 aromatic heterocycles. The quantitative estimate of drug-likeness (QED) is 0.812. The molecule has 0 unspecified atom stereocenters. The van der Waals surface area contributed by atoms with E-state index in [0.717, 1.165) is 22.2 Å². The van der Waals surface area contributed by atoms with Crippen LogP contribution in [-0.4, -0.2) is 23.3 Å². The van der Waals surface area contributed by atoms with Gasteiger partial charge in [0.1, 0.15) is 0 Å². The van der Waals surface area contributed by atoms with Crippen LogP contribution in [-0.2, 0) is 9.53 Å². The Morgan fingerprint density at radius 2 is 1.82 bits per heavy atom. The first-order valence-electron chi connectivity index (χ1n) is 7.27. The van der Waals surface area contributed by atoms with Crippen molar-refractivity contribution in [2.24, 2.45) is 5.41 Å². The van der Waals surface area contributed by atoms with Crippen LogP contribution in [0.15, 0.2) is 24.3 Å². The molecule has 0 fully saturated rings. The largest absolute Gasteiger partial charge is 0.454 e. The standard InChI is InChI=1S/C18H21NO3/c1-11-6-7-15-13(8-11)14(9-12(2)19-15)17(21)22-10-16(20)18(3,4)5/h6-9H,10H2,1-5H3. The molecular formula is C18H21NO3. The number of aromatic nitrogens is 1. The van der Waals surface area contributed by atoms with Crippen molar-refractivity contribution in [1.29, 1.82) is 0 Å². The molecule has 0 amide bonds. The fourth-order valence-corrected chi connectivity index (χ4v) is 2.07. The van der Waals surface area contributed by atoms with Crippen molar-refractivity contribution in [2.75, 3.05) is 6.61 Å². The lowest BCUT2D eigenvalue weighted by Crippen LogP contribution is -2.26. The van der Waals surface area contributed by atoms with Gasteiger partial charge in [-0.05, 0) is 32.0 Å². The molecule has 2 rings (SSSR count). The predicted molar refractivity (Wildman–Crippen MR) is 86.0 cm³/mol. The molecule has 0 N–H and O–H groups in total. The van der Waals surface area contributed by atoms with Crippen LogP contribution in [0, 0.1) is 19.3 Å². The van der Waals surface area contributed by atoms with E-state index >= 15 is 0 Å². The van der Waals surface area contributed by atoms with Crippen LogP contribution in [0.2, 0.25) is 0 Å². The van der Waals surface area contributed by atoms with Gasteiger partial charge in [0.15, 0.2) is 12.4 Å². The van der Waals surface area contributed by atoms with E-state index in [2.05, 4.69) is 4.98 Å². The lowest BCUT2D eigenvalue weighted by Gasteiger charge is -2.16. The Morgan fingerprint density at radius 3 is 2.45 bits per heavy atom. The normalized spacial score (nSPS) is 11.5. The van der Waals surface area contributed by atoms with Gasteiger partial charge in [-0.1, -0.05) is 32.4 Å². The molecule has 4 heteroatoms. The summed E-state index contributed by atoms with van der Waals surface area (Å²) in [6.07, 6.45) is 0. The third kappa shape index (κ3) is 3.50. The monoisotopic (exact) mass is 299 g/mol. The van der Waals surface area contributed by atoms with Crippen LogP contribution in [0.1, 0.15) is 42.4 Å². The highest BCUT2D eigenvalue weighted by molar-refractivity contribution is 6.04. The number of fused-ring (bicyclic) bond motifs is 1. The van der Waals surface area contributed by atoms with E-state index in [1.165, 1.54) is 0 Å². The molecule has 0 aliphatic rings. The maximum Gasteiger partial charge on any atom is 0.339 e. The Hall–Kier alpha value is -2.23. The lowest BCUT2D eigenvalue weighted by molar-refractivity contribution is -0.129. The van der Waals surface area contributed by atoms with Gasteiger partial charge in [-0.25, -0.2) is 4.79 Å². The number of esters is 1. The third-order valence-electron chi connectivity index (χ3n) is 3.48. The van der Waals surface area contributed by atoms with E-state index in [1.807, 2.05) is 32.0 Å². The molecule has 116 valence electrons. The van der Waals surface area contributed by atoms with Crippen LogP contribution in [0.5, 0.6) is 0 Å². The summed E-state index contributed by atoms with van der Waals surface area (Å²) in [4.78, 5) is 28.7. The Kier molecular flexibility index (Phi) is 4.31. The highest BCUT2D eigenvalue weighted by Crippen LogP contribution is 2.21. The Labute approximate surface area is 130 Å². The minimum absolute atomic E-state index is 0.105. The van der Waals surface area contributed by atoms with Crippen LogP contribution in [0.4, 0.5) is 0 Å². The number of hydrogen-bond donors (Lipinski definition) is 0. The topological polar surface area (TPSA) is 56.3 Å². The van der Waals surface area contributed by atoms with Gasteiger partial charge in [0.2, 0.25) is 0 Å². The average Bonchev–Trinajstić information content (AvgIpc) is 2.42. The fraction of sp³-hybridized carbons (Fsp3) is 0.389. The maximum atomic E-state index is 12.4. The van der Waals surface area contributed by atoms with Crippen LogP contribution in [0.25, 0.3) is 10.9 Å². The summed E-state index contributed by atoms with van der Waals surface area (Å²) in [6.45, 7) is 8.99. The second-order valence-electron chi connectivity index (χ2n) is 6.58. The molecule has 0 radical (unpaired) electrons. The van der Waals surface area contributed by atoms with Gasteiger partial charge in [-0.15, -0.1) is 0 Å². The summed E-state index contributed by atoms with van der Waals surface area (Å²) in [6, 6.07) is 7.44. The molecular weight excluding hydrogens is 278 g/mol. The Balaban J connectivity index is 2.32. The van der Waals surface area contributed by atoms with Gasteiger partial charge < -0.3 is 4.74 Å². The summed E-state index contributed by atoms with van der Waals surface area (Å²) < 4.78 is 5.20. The SMILES string of the molecule is Cc1ccc2nc(C)cc(C(=O)OCC(=O)C(C)(C)C)c2c1. The number of carbonyl (C=O) groups is 2. The third-order valence-corrected chi connectivity index (χ3v) is 3.48. The molecule has 0 aliphatic carbocycles. The van der Waals surface area contributed by atoms with Crippen molar-refractivity contribution in [3.05, 3.63) is 41.1 Å². The van der Waals surface area contributed by atoms with E-state index in [4.69, 9.17) is 4.74 Å². The number of hydrogen-bond acceptors (Lipinski definition) is 4. The summed E-state index contributed by atoms with van der Waals surface area (Å²) >= 11 is 0. The fourth-order valence-electron chi connectivity index (χ4n) is 2.07. The summed E-state index contributed by atoms with van der Waals surface area (Å²) in [7, 11) is 0. The average molecular weight is 299 g/mol. The molecule has 2 aromatic rings. The second-order valence-corrected chi connectivity index (χ2v) is 6.58. The number of pyridine rings is 1. The molecule has 22 heavy (non-hydrogen) atoms. The van der Waals surface area contributed by atoms with Crippen LogP contribution >= 0.6 is 0 Å². The van der Waals surface area contributed by atoms with E-state index < -0.39 is 11.4 Å². The first kappa shape index (κ1) is 16.1. The van der Waals surface area contributed by atoms with Crippen molar-refractivity contribution in [3.8, 4) is 0 Å². The van der Waals surface area contributed by atoms with Crippen LogP contribution < -0.4 is 0 Å². The summed E-state index contributed by atoms with van der Waals surface area (Å²) in [5, 5.41) is 0.749. The number of carbonyl (C=O) groups excluding carboxylic acids is 2. The predicted octanol–water partition coefficient (Wildman–Crippen LogP) is 3.62. The zero-order valence-electron chi connectivity index (χ0n) is 13.7. The maximum absolute atomic E-state index is 12.4. The zero-order chi connectivity index (χ0) is 16.5. The van der Waals surface area contributed by atoms with Gasteiger partial charge in [0, 0.05) is 16.5 Å². The molecule has 0 aliphatic heterocycles. The minimum atomic E-state index is -0.521. The molecule has 1 heterocycles. The minimum Gasteiger partial charge on any atom is -0.454 e. The van der Waals surface area contributed by atoms with Gasteiger partial charge in [0.05, 0.1) is 11.1 Å². The van der Waals surface area contributed by atoms with Crippen molar-refractivity contribution >= 4 is 22.7 Å².